The summed E-state index contributed by atoms with van der Waals surface area (Å²) in [6.45, 7) is 0. The van der Waals surface area contributed by atoms with Gasteiger partial charge in [-0.15, -0.1) is 0 Å². The van der Waals surface area contributed by atoms with Gasteiger partial charge in [0.15, 0.2) is 12.0 Å². The normalized spacial score (nSPS) is 10.2. The number of hydrogen-bond donors (Lipinski definition) is 0. The lowest BCUT2D eigenvalue weighted by molar-refractivity contribution is -0.390. The van der Waals surface area contributed by atoms with Crippen molar-refractivity contribution in [3.8, 4) is 5.75 Å². The van der Waals surface area contributed by atoms with Crippen LogP contribution in [0.3, 0.4) is 0 Å². The molecule has 1 rings (SSSR count). The minimum absolute atomic E-state index is 0.156. The fourth-order valence-electron chi connectivity index (χ4n) is 1.07. The van der Waals surface area contributed by atoms with Crippen molar-refractivity contribution in [2.45, 2.75) is 6.43 Å². The van der Waals surface area contributed by atoms with Gasteiger partial charge < -0.3 is 14.9 Å². The summed E-state index contributed by atoms with van der Waals surface area (Å²) in [5, 5.41) is 10.5. The van der Waals surface area contributed by atoms with Gasteiger partial charge in [0.25, 0.3) is 5.69 Å². The topological polar surface area (TPSA) is 82.3 Å². The van der Waals surface area contributed by atoms with Crippen molar-refractivity contribution in [2.75, 3.05) is 7.11 Å². The highest BCUT2D eigenvalue weighted by Crippen LogP contribution is 2.30. The van der Waals surface area contributed by atoms with Crippen molar-refractivity contribution < 1.29 is 23.2 Å². The first kappa shape index (κ1) is 12.0. The van der Waals surface area contributed by atoms with Gasteiger partial charge in [-0.2, -0.15) is 0 Å². The van der Waals surface area contributed by atoms with Gasteiger partial charge in [0.1, 0.15) is 5.56 Å². The number of nitrogens with zero attached hydrogens (tertiary/aromatic N) is 2. The standard InChI is InChI=1S/C8H6F2N2O4/c1-16-5-2-4(3-13)8(12(14)15)11-6(5)7(9)10/h2-3,7H,1H3. The monoisotopic (exact) mass is 232 g/mol. The summed E-state index contributed by atoms with van der Waals surface area (Å²) in [5.74, 6) is -1.27. The van der Waals surface area contributed by atoms with Crippen LogP contribution in [0, 0.1) is 10.1 Å². The van der Waals surface area contributed by atoms with Gasteiger partial charge in [-0.3, -0.25) is 4.79 Å². The first-order valence-corrected chi connectivity index (χ1v) is 3.98. The van der Waals surface area contributed by atoms with E-state index in [1.807, 2.05) is 0 Å². The molecule has 0 saturated heterocycles. The first-order valence-electron chi connectivity index (χ1n) is 3.98. The summed E-state index contributed by atoms with van der Waals surface area (Å²) in [4.78, 5) is 23.1. The van der Waals surface area contributed by atoms with Crippen LogP contribution in [-0.2, 0) is 0 Å². The number of aldehydes is 1. The average molecular weight is 232 g/mol. The van der Waals surface area contributed by atoms with Gasteiger partial charge in [0.05, 0.1) is 7.11 Å². The quantitative estimate of drug-likeness (QED) is 0.448. The van der Waals surface area contributed by atoms with Gasteiger partial charge in [-0.05, 0) is 9.91 Å². The van der Waals surface area contributed by atoms with Crippen molar-refractivity contribution in [1.82, 2.24) is 4.98 Å². The number of hydrogen-bond acceptors (Lipinski definition) is 5. The smallest absolute Gasteiger partial charge is 0.374 e. The Bertz CT molecular complexity index is 436. The Labute approximate surface area is 88.0 Å². The molecule has 1 heterocycles. The summed E-state index contributed by atoms with van der Waals surface area (Å²) in [5.41, 5.74) is -1.27. The van der Waals surface area contributed by atoms with Gasteiger partial charge in [0.2, 0.25) is 0 Å². The van der Waals surface area contributed by atoms with Gasteiger partial charge in [-0.25, -0.2) is 8.78 Å². The number of pyridine rings is 1. The second-order valence-corrected chi connectivity index (χ2v) is 2.66. The summed E-state index contributed by atoms with van der Waals surface area (Å²) in [7, 11) is 1.10. The molecule has 0 saturated carbocycles. The van der Waals surface area contributed by atoms with E-state index < -0.39 is 28.4 Å². The zero-order chi connectivity index (χ0) is 12.3. The van der Waals surface area contributed by atoms with Crippen molar-refractivity contribution in [3.63, 3.8) is 0 Å². The van der Waals surface area contributed by atoms with Gasteiger partial charge in [-0.1, -0.05) is 0 Å². The minimum Gasteiger partial charge on any atom is -0.492 e. The molecule has 0 aliphatic carbocycles. The maximum absolute atomic E-state index is 12.4. The number of carbonyl (C=O) groups excluding carboxylic acids is 1. The molecule has 0 amide bonds. The van der Waals surface area contributed by atoms with E-state index in [1.165, 1.54) is 0 Å². The van der Waals surface area contributed by atoms with E-state index >= 15 is 0 Å². The number of carbonyl (C=O) groups is 1. The number of nitro groups is 1. The van der Waals surface area contributed by atoms with Crippen LogP contribution in [0.5, 0.6) is 5.75 Å². The molecule has 16 heavy (non-hydrogen) atoms. The highest BCUT2D eigenvalue weighted by Gasteiger charge is 2.27. The molecule has 0 N–H and O–H groups in total. The third kappa shape index (κ3) is 2.10. The summed E-state index contributed by atoms with van der Waals surface area (Å²) in [6, 6.07) is 0.861. The van der Waals surface area contributed by atoms with Crippen LogP contribution >= 0.6 is 0 Å². The van der Waals surface area contributed by atoms with Crippen molar-refractivity contribution in [3.05, 3.63) is 27.4 Å². The van der Waals surface area contributed by atoms with Crippen LogP contribution in [-0.4, -0.2) is 23.3 Å². The number of methoxy groups -OCH3 is 1. The Kier molecular flexibility index (Phi) is 3.44. The Morgan fingerprint density at radius 3 is 2.62 bits per heavy atom. The van der Waals surface area contributed by atoms with E-state index in [2.05, 4.69) is 9.72 Å². The van der Waals surface area contributed by atoms with E-state index in [0.29, 0.717) is 0 Å². The molecule has 1 aromatic rings. The molecule has 0 spiro atoms. The Morgan fingerprint density at radius 2 is 2.25 bits per heavy atom. The maximum Gasteiger partial charge on any atom is 0.374 e. The predicted octanol–water partition coefficient (Wildman–Crippen LogP) is 1.75. The van der Waals surface area contributed by atoms with Gasteiger partial charge in [0, 0.05) is 6.07 Å². The van der Waals surface area contributed by atoms with E-state index in [0.717, 1.165) is 13.2 Å². The van der Waals surface area contributed by atoms with Crippen LogP contribution in [0.25, 0.3) is 0 Å². The molecule has 1 aromatic heterocycles. The molecule has 6 nitrogen and oxygen atoms in total. The first-order chi connectivity index (χ1) is 7.51. The minimum atomic E-state index is -3.02. The van der Waals surface area contributed by atoms with E-state index in [-0.39, 0.29) is 12.0 Å². The predicted molar refractivity (Wildman–Crippen MR) is 47.8 cm³/mol. The van der Waals surface area contributed by atoms with Crippen molar-refractivity contribution in [1.29, 1.82) is 0 Å². The Balaban J connectivity index is 3.46. The summed E-state index contributed by atoms with van der Waals surface area (Å²) >= 11 is 0. The molecule has 0 radical (unpaired) electrons. The lowest BCUT2D eigenvalue weighted by atomic mass is 10.2. The number of rotatable bonds is 4. The van der Waals surface area contributed by atoms with Crippen LogP contribution in [0.4, 0.5) is 14.6 Å². The lowest BCUT2D eigenvalue weighted by Gasteiger charge is -2.04. The molecule has 0 aliphatic heterocycles. The Morgan fingerprint density at radius 1 is 1.62 bits per heavy atom. The molecule has 86 valence electrons. The van der Waals surface area contributed by atoms with Crippen molar-refractivity contribution in [2.24, 2.45) is 0 Å². The molecule has 0 fully saturated rings. The Hall–Kier alpha value is -2.12. The molecule has 0 aromatic carbocycles. The van der Waals surface area contributed by atoms with Gasteiger partial charge >= 0.3 is 12.2 Å². The van der Waals surface area contributed by atoms with Crippen LogP contribution < -0.4 is 4.74 Å². The summed E-state index contributed by atoms with van der Waals surface area (Å²) in [6.07, 6.45) is -2.86. The molecule has 0 bridgehead atoms. The SMILES string of the molecule is COc1cc(C=O)c([N+](=O)[O-])nc1C(F)F. The lowest BCUT2D eigenvalue weighted by Crippen LogP contribution is -2.04. The zero-order valence-electron chi connectivity index (χ0n) is 8.02. The molecule has 8 heteroatoms. The average Bonchev–Trinajstić information content (AvgIpc) is 2.26. The number of ether oxygens (including phenoxy) is 1. The van der Waals surface area contributed by atoms with E-state index in [9.17, 15) is 23.7 Å². The second kappa shape index (κ2) is 4.60. The fraction of sp³-hybridized carbons (Fsp3) is 0.250. The van der Waals surface area contributed by atoms with Crippen LogP contribution in [0.2, 0.25) is 0 Å². The van der Waals surface area contributed by atoms with E-state index in [4.69, 9.17) is 0 Å². The third-order valence-electron chi connectivity index (χ3n) is 1.75. The highest BCUT2D eigenvalue weighted by molar-refractivity contribution is 5.81. The van der Waals surface area contributed by atoms with Crippen LogP contribution in [0.1, 0.15) is 22.5 Å². The second-order valence-electron chi connectivity index (χ2n) is 2.66. The molecule has 0 aliphatic rings. The molecular weight excluding hydrogens is 226 g/mol. The maximum atomic E-state index is 12.4. The molecular formula is C8H6F2N2O4. The fourth-order valence-corrected chi connectivity index (χ4v) is 1.07. The van der Waals surface area contributed by atoms with Crippen LogP contribution in [0.15, 0.2) is 6.07 Å². The number of alkyl halides is 2. The van der Waals surface area contributed by atoms with E-state index in [1.54, 1.807) is 0 Å². The number of aromatic nitrogens is 1. The molecule has 0 atom stereocenters. The zero-order valence-corrected chi connectivity index (χ0v) is 8.02. The molecule has 0 unspecified atom stereocenters. The largest absolute Gasteiger partial charge is 0.492 e. The number of halogens is 2. The van der Waals surface area contributed by atoms with Crippen molar-refractivity contribution >= 4 is 12.1 Å². The third-order valence-corrected chi connectivity index (χ3v) is 1.75. The highest BCUT2D eigenvalue weighted by atomic mass is 19.3. The summed E-state index contributed by atoms with van der Waals surface area (Å²) < 4.78 is 29.4.